The van der Waals surface area contributed by atoms with Gasteiger partial charge in [-0.05, 0) is 51.0 Å². The maximum atomic E-state index is 13.2. The molecule has 1 aliphatic heterocycles. The van der Waals surface area contributed by atoms with Crippen LogP contribution in [0.25, 0.3) is 0 Å². The van der Waals surface area contributed by atoms with Gasteiger partial charge in [0.05, 0.1) is 12.0 Å². The molecule has 1 aromatic carbocycles. The van der Waals surface area contributed by atoms with E-state index in [9.17, 15) is 8.42 Å². The predicted molar refractivity (Wildman–Crippen MR) is 114 cm³/mol. The number of nitrogens with one attached hydrogen (secondary N) is 1. The molecule has 0 spiro atoms. The lowest BCUT2D eigenvalue weighted by atomic mass is 10.1. The van der Waals surface area contributed by atoms with Crippen LogP contribution >= 0.6 is 0 Å². The molecule has 158 valence electrons. The van der Waals surface area contributed by atoms with Crippen LogP contribution in [0, 0.1) is 20.8 Å². The Morgan fingerprint density at radius 3 is 2.34 bits per heavy atom. The van der Waals surface area contributed by atoms with Crippen molar-refractivity contribution in [3.63, 3.8) is 0 Å². The van der Waals surface area contributed by atoms with Crippen LogP contribution in [0.5, 0.6) is 5.75 Å². The summed E-state index contributed by atoms with van der Waals surface area (Å²) in [6.45, 7) is 10.3. The molecule has 9 heteroatoms. The Kier molecular flexibility index (Phi) is 6.28. The first-order valence-electron chi connectivity index (χ1n) is 9.76. The summed E-state index contributed by atoms with van der Waals surface area (Å²) in [5, 5.41) is 3.21. The fraction of sp³-hybridized carbons (Fsp3) is 0.500. The first kappa shape index (κ1) is 21.3. The van der Waals surface area contributed by atoms with E-state index in [4.69, 9.17) is 4.74 Å². The highest BCUT2D eigenvalue weighted by molar-refractivity contribution is 7.89. The van der Waals surface area contributed by atoms with Gasteiger partial charge in [0.1, 0.15) is 23.2 Å². The van der Waals surface area contributed by atoms with Gasteiger partial charge in [0.25, 0.3) is 0 Å². The molecule has 0 amide bonds. The van der Waals surface area contributed by atoms with Crippen molar-refractivity contribution in [1.82, 2.24) is 14.3 Å². The van der Waals surface area contributed by atoms with E-state index in [1.54, 1.807) is 30.5 Å². The lowest BCUT2D eigenvalue weighted by molar-refractivity contribution is 0.383. The molecule has 0 radical (unpaired) electrons. The van der Waals surface area contributed by atoms with Gasteiger partial charge in [0, 0.05) is 38.8 Å². The second-order valence-corrected chi connectivity index (χ2v) is 9.07. The zero-order valence-corrected chi connectivity index (χ0v) is 18.5. The molecule has 0 unspecified atom stereocenters. The molecule has 0 bridgehead atoms. The Labute approximate surface area is 173 Å². The lowest BCUT2D eigenvalue weighted by Crippen LogP contribution is -2.49. The summed E-state index contributed by atoms with van der Waals surface area (Å²) in [5.74, 6) is 3.00. The highest BCUT2D eigenvalue weighted by Crippen LogP contribution is 2.28. The van der Waals surface area contributed by atoms with E-state index in [0.29, 0.717) is 48.2 Å². The van der Waals surface area contributed by atoms with Crippen molar-refractivity contribution in [1.29, 1.82) is 0 Å². The Morgan fingerprint density at radius 1 is 1.03 bits per heavy atom. The molecule has 2 heterocycles. The minimum Gasteiger partial charge on any atom is -0.496 e. The third-order valence-electron chi connectivity index (χ3n) is 5.06. The van der Waals surface area contributed by atoms with Gasteiger partial charge < -0.3 is 15.0 Å². The van der Waals surface area contributed by atoms with Gasteiger partial charge in [-0.25, -0.2) is 18.4 Å². The monoisotopic (exact) mass is 419 g/mol. The van der Waals surface area contributed by atoms with E-state index in [1.807, 2.05) is 26.8 Å². The summed E-state index contributed by atoms with van der Waals surface area (Å²) >= 11 is 0. The maximum Gasteiger partial charge on any atom is 0.243 e. The van der Waals surface area contributed by atoms with Crippen molar-refractivity contribution in [2.24, 2.45) is 0 Å². The van der Waals surface area contributed by atoms with E-state index >= 15 is 0 Å². The molecule has 3 rings (SSSR count). The number of sulfonamides is 1. The van der Waals surface area contributed by atoms with Crippen LogP contribution in [0.15, 0.2) is 23.1 Å². The molecule has 1 N–H and O–H groups in total. The maximum absolute atomic E-state index is 13.2. The number of ether oxygens (including phenoxy) is 1. The van der Waals surface area contributed by atoms with Crippen LogP contribution in [0.3, 0.4) is 0 Å². The Morgan fingerprint density at radius 2 is 1.72 bits per heavy atom. The summed E-state index contributed by atoms with van der Waals surface area (Å²) < 4.78 is 33.3. The average Bonchev–Trinajstić information content (AvgIpc) is 2.69. The average molecular weight is 420 g/mol. The molecule has 0 saturated carbocycles. The van der Waals surface area contributed by atoms with Crippen LogP contribution in [0.1, 0.15) is 23.9 Å². The van der Waals surface area contributed by atoms with Crippen molar-refractivity contribution in [2.45, 2.75) is 32.6 Å². The van der Waals surface area contributed by atoms with Crippen molar-refractivity contribution < 1.29 is 13.2 Å². The van der Waals surface area contributed by atoms with Gasteiger partial charge in [-0.15, -0.1) is 0 Å². The number of anilines is 2. The largest absolute Gasteiger partial charge is 0.496 e. The molecule has 29 heavy (non-hydrogen) atoms. The standard InChI is InChI=1S/C20H29N5O3S/c1-6-21-19-13-20(23-16(4)22-19)24-7-9-25(10-8-24)29(26,27)18-12-14(2)17(28-5)11-15(18)3/h11-13H,6-10H2,1-5H3,(H,21,22,23). The highest BCUT2D eigenvalue weighted by atomic mass is 32.2. The van der Waals surface area contributed by atoms with Gasteiger partial charge >= 0.3 is 0 Å². The smallest absolute Gasteiger partial charge is 0.243 e. The molecule has 1 aromatic heterocycles. The molecule has 2 aromatic rings. The Hall–Kier alpha value is -2.39. The molecular formula is C20H29N5O3S. The highest BCUT2D eigenvalue weighted by Gasteiger charge is 2.30. The quantitative estimate of drug-likeness (QED) is 0.769. The SMILES string of the molecule is CCNc1cc(N2CCN(S(=O)(=O)c3cc(C)c(OC)cc3C)CC2)nc(C)n1. The number of rotatable bonds is 6. The minimum absolute atomic E-state index is 0.344. The molecular weight excluding hydrogens is 390 g/mol. The van der Waals surface area contributed by atoms with Gasteiger partial charge in [0.2, 0.25) is 10.0 Å². The van der Waals surface area contributed by atoms with Crippen LogP contribution in [-0.2, 0) is 10.0 Å². The Bertz CT molecular complexity index is 986. The van der Waals surface area contributed by atoms with Gasteiger partial charge in [-0.1, -0.05) is 0 Å². The second kappa shape index (κ2) is 8.54. The number of piperazine rings is 1. The van der Waals surface area contributed by atoms with Crippen LogP contribution in [-0.4, -0.2) is 62.5 Å². The fourth-order valence-electron chi connectivity index (χ4n) is 3.54. The number of nitrogens with zero attached hydrogens (tertiary/aromatic N) is 4. The minimum atomic E-state index is -3.56. The number of aryl methyl sites for hydroxylation is 3. The number of methoxy groups -OCH3 is 1. The molecule has 0 atom stereocenters. The van der Waals surface area contributed by atoms with E-state index in [-0.39, 0.29) is 0 Å². The van der Waals surface area contributed by atoms with Gasteiger partial charge in [-0.2, -0.15) is 4.31 Å². The van der Waals surface area contributed by atoms with Gasteiger partial charge in [-0.3, -0.25) is 0 Å². The predicted octanol–water partition coefficient (Wildman–Crippen LogP) is 2.35. The molecule has 0 aliphatic carbocycles. The zero-order chi connectivity index (χ0) is 21.2. The number of benzene rings is 1. The van der Waals surface area contributed by atoms with Crippen molar-refractivity contribution >= 4 is 21.7 Å². The normalized spacial score (nSPS) is 15.4. The molecule has 8 nitrogen and oxygen atoms in total. The fourth-order valence-corrected chi connectivity index (χ4v) is 5.26. The van der Waals surface area contributed by atoms with E-state index in [1.165, 1.54) is 0 Å². The summed E-state index contributed by atoms with van der Waals surface area (Å²) in [6.07, 6.45) is 0. The van der Waals surface area contributed by atoms with E-state index in [0.717, 1.165) is 23.7 Å². The third kappa shape index (κ3) is 4.45. The van der Waals surface area contributed by atoms with Crippen molar-refractivity contribution in [3.05, 3.63) is 35.2 Å². The lowest BCUT2D eigenvalue weighted by Gasteiger charge is -2.35. The second-order valence-electron chi connectivity index (χ2n) is 7.17. The summed E-state index contributed by atoms with van der Waals surface area (Å²) in [5.41, 5.74) is 1.50. The molecule has 1 saturated heterocycles. The topological polar surface area (TPSA) is 87.7 Å². The van der Waals surface area contributed by atoms with Crippen molar-refractivity contribution in [2.75, 3.05) is 50.1 Å². The zero-order valence-electron chi connectivity index (χ0n) is 17.7. The van der Waals surface area contributed by atoms with Crippen LogP contribution in [0.4, 0.5) is 11.6 Å². The summed E-state index contributed by atoms with van der Waals surface area (Å²) in [7, 11) is -1.98. The van der Waals surface area contributed by atoms with E-state index in [2.05, 4.69) is 20.2 Å². The first-order valence-corrected chi connectivity index (χ1v) is 11.2. The number of aromatic nitrogens is 2. The molecule has 1 fully saturated rings. The van der Waals surface area contributed by atoms with Crippen LogP contribution in [0.2, 0.25) is 0 Å². The van der Waals surface area contributed by atoms with Crippen molar-refractivity contribution in [3.8, 4) is 5.75 Å². The third-order valence-corrected chi connectivity index (χ3v) is 7.10. The van der Waals surface area contributed by atoms with E-state index < -0.39 is 10.0 Å². The van der Waals surface area contributed by atoms with Gasteiger partial charge in [0.15, 0.2) is 0 Å². The number of hydrogen-bond donors (Lipinski definition) is 1. The molecule has 1 aliphatic rings. The summed E-state index contributed by atoms with van der Waals surface area (Å²) in [4.78, 5) is 11.4. The van der Waals surface area contributed by atoms with Crippen LogP contribution < -0.4 is 15.0 Å². The number of hydrogen-bond acceptors (Lipinski definition) is 7. The first-order chi connectivity index (χ1) is 13.8. The Balaban J connectivity index is 1.78. The summed E-state index contributed by atoms with van der Waals surface area (Å²) in [6, 6.07) is 5.40.